The van der Waals surface area contributed by atoms with Crippen molar-refractivity contribution >= 4 is 32.4 Å². The third kappa shape index (κ3) is 3.39. The quantitative estimate of drug-likeness (QED) is 0.767. The molecular weight excluding hydrogens is 330 g/mol. The van der Waals surface area contributed by atoms with E-state index < -0.39 is 10.0 Å². The average molecular weight is 346 g/mol. The van der Waals surface area contributed by atoms with Crippen LogP contribution in [0.15, 0.2) is 65.6 Å². The molecule has 3 nitrogen and oxygen atoms in total. The Morgan fingerprint density at radius 1 is 1.00 bits per heavy atom. The van der Waals surface area contributed by atoms with Gasteiger partial charge in [-0.3, -0.25) is 0 Å². The molecule has 1 N–H and O–H groups in total. The van der Waals surface area contributed by atoms with E-state index >= 15 is 0 Å². The van der Waals surface area contributed by atoms with E-state index in [1.165, 1.54) is 0 Å². The first kappa shape index (κ1) is 16.0. The van der Waals surface area contributed by atoms with Gasteiger partial charge in [-0.2, -0.15) is 0 Å². The molecule has 0 spiro atoms. The largest absolute Gasteiger partial charge is 0.241 e. The fourth-order valence-corrected chi connectivity index (χ4v) is 3.94. The number of fused-ring (bicyclic) bond motifs is 1. The Bertz CT molecular complexity index is 962. The van der Waals surface area contributed by atoms with Crippen molar-refractivity contribution in [3.63, 3.8) is 0 Å². The number of hydrogen-bond donors (Lipinski definition) is 1. The first-order chi connectivity index (χ1) is 11.0. The first-order valence-electron chi connectivity index (χ1n) is 7.20. The summed E-state index contributed by atoms with van der Waals surface area (Å²) in [6.45, 7) is 2.13. The zero-order valence-corrected chi connectivity index (χ0v) is 14.2. The smallest absolute Gasteiger partial charge is 0.207 e. The van der Waals surface area contributed by atoms with Gasteiger partial charge in [0.15, 0.2) is 0 Å². The highest BCUT2D eigenvalue weighted by atomic mass is 35.5. The van der Waals surface area contributed by atoms with Crippen LogP contribution in [0.25, 0.3) is 10.8 Å². The molecule has 3 aromatic carbocycles. The summed E-state index contributed by atoms with van der Waals surface area (Å²) in [6.07, 6.45) is 0. The standard InChI is InChI=1S/C18H16ClNO2S/c1-13-9-10-16(19)11-15(13)12-20-23(21,22)18-8-4-6-14-5-2-3-7-17(14)18/h2-11,20H,12H2,1H3. The molecule has 0 saturated carbocycles. The van der Waals surface area contributed by atoms with Crippen molar-refractivity contribution in [2.24, 2.45) is 0 Å². The highest BCUT2D eigenvalue weighted by Gasteiger charge is 2.17. The van der Waals surface area contributed by atoms with E-state index in [0.717, 1.165) is 16.5 Å². The van der Waals surface area contributed by atoms with Crippen LogP contribution in [-0.2, 0) is 16.6 Å². The van der Waals surface area contributed by atoms with Crippen LogP contribution in [0.4, 0.5) is 0 Å². The Balaban J connectivity index is 1.94. The average Bonchev–Trinajstić information content (AvgIpc) is 2.55. The van der Waals surface area contributed by atoms with Crippen LogP contribution in [-0.4, -0.2) is 8.42 Å². The van der Waals surface area contributed by atoms with Gasteiger partial charge in [-0.15, -0.1) is 0 Å². The van der Waals surface area contributed by atoms with Crippen molar-refractivity contribution in [3.8, 4) is 0 Å². The van der Waals surface area contributed by atoms with E-state index in [4.69, 9.17) is 11.6 Å². The fourth-order valence-electron chi connectivity index (χ4n) is 2.51. The summed E-state index contributed by atoms with van der Waals surface area (Å²) in [7, 11) is -3.61. The molecule has 5 heteroatoms. The summed E-state index contributed by atoms with van der Waals surface area (Å²) < 4.78 is 28.0. The SMILES string of the molecule is Cc1ccc(Cl)cc1CNS(=O)(=O)c1cccc2ccccc12. The van der Waals surface area contributed by atoms with Crippen molar-refractivity contribution in [1.29, 1.82) is 0 Å². The Morgan fingerprint density at radius 2 is 1.74 bits per heavy atom. The van der Waals surface area contributed by atoms with Gasteiger partial charge in [0.2, 0.25) is 10.0 Å². The summed E-state index contributed by atoms with van der Waals surface area (Å²) >= 11 is 5.98. The maximum atomic E-state index is 12.7. The van der Waals surface area contributed by atoms with Crippen LogP contribution in [0, 0.1) is 6.92 Å². The predicted molar refractivity (Wildman–Crippen MR) is 94.2 cm³/mol. The molecule has 0 aliphatic carbocycles. The molecule has 0 aliphatic heterocycles. The molecule has 0 saturated heterocycles. The van der Waals surface area contributed by atoms with Crippen molar-refractivity contribution in [2.75, 3.05) is 0 Å². The molecule has 0 amide bonds. The Morgan fingerprint density at radius 3 is 2.57 bits per heavy atom. The van der Waals surface area contributed by atoms with Gasteiger partial charge in [-0.1, -0.05) is 54.1 Å². The van der Waals surface area contributed by atoms with Gasteiger partial charge in [-0.25, -0.2) is 13.1 Å². The number of benzene rings is 3. The van der Waals surface area contributed by atoms with Gasteiger partial charge in [0, 0.05) is 17.0 Å². The minimum atomic E-state index is -3.61. The summed E-state index contributed by atoms with van der Waals surface area (Å²) in [5.41, 5.74) is 1.86. The van der Waals surface area contributed by atoms with Crippen molar-refractivity contribution in [1.82, 2.24) is 4.72 Å². The highest BCUT2D eigenvalue weighted by Crippen LogP contribution is 2.23. The Labute approximate surface area is 141 Å². The lowest BCUT2D eigenvalue weighted by molar-refractivity contribution is 0.582. The second-order valence-corrected chi connectivity index (χ2v) is 7.54. The molecule has 0 aliphatic rings. The molecule has 0 heterocycles. The van der Waals surface area contributed by atoms with Crippen molar-refractivity contribution in [2.45, 2.75) is 18.4 Å². The number of rotatable bonds is 4. The zero-order valence-electron chi connectivity index (χ0n) is 12.6. The van der Waals surface area contributed by atoms with Crippen molar-refractivity contribution in [3.05, 3.63) is 76.8 Å². The number of halogens is 1. The molecule has 0 bridgehead atoms. The van der Waals surface area contributed by atoms with E-state index in [-0.39, 0.29) is 11.4 Å². The molecule has 23 heavy (non-hydrogen) atoms. The Hall–Kier alpha value is -1.88. The number of sulfonamides is 1. The highest BCUT2D eigenvalue weighted by molar-refractivity contribution is 7.89. The van der Waals surface area contributed by atoms with Gasteiger partial charge >= 0.3 is 0 Å². The van der Waals surface area contributed by atoms with E-state index in [1.807, 2.05) is 43.3 Å². The molecule has 0 fully saturated rings. The van der Waals surface area contributed by atoms with Gasteiger partial charge in [-0.05, 0) is 41.6 Å². The van der Waals surface area contributed by atoms with E-state index in [2.05, 4.69) is 4.72 Å². The van der Waals surface area contributed by atoms with Crippen LogP contribution < -0.4 is 4.72 Å². The number of nitrogens with one attached hydrogen (secondary N) is 1. The summed E-state index contributed by atoms with van der Waals surface area (Å²) in [5, 5.41) is 2.20. The van der Waals surface area contributed by atoms with E-state index in [9.17, 15) is 8.42 Å². The second kappa shape index (κ2) is 6.32. The minimum Gasteiger partial charge on any atom is -0.207 e. The second-order valence-electron chi connectivity index (χ2n) is 5.37. The molecule has 0 atom stereocenters. The van der Waals surface area contributed by atoms with Crippen LogP contribution in [0.2, 0.25) is 5.02 Å². The van der Waals surface area contributed by atoms with Gasteiger partial charge in [0.1, 0.15) is 0 Å². The number of hydrogen-bond acceptors (Lipinski definition) is 2. The summed E-state index contributed by atoms with van der Waals surface area (Å²) in [5.74, 6) is 0. The molecule has 0 unspecified atom stereocenters. The lowest BCUT2D eigenvalue weighted by Crippen LogP contribution is -2.23. The number of aryl methyl sites for hydroxylation is 1. The zero-order chi connectivity index (χ0) is 16.4. The lowest BCUT2D eigenvalue weighted by atomic mass is 10.1. The Kier molecular flexibility index (Phi) is 4.39. The molecule has 3 aromatic rings. The molecule has 0 aromatic heterocycles. The van der Waals surface area contributed by atoms with E-state index in [1.54, 1.807) is 24.3 Å². The minimum absolute atomic E-state index is 0.206. The van der Waals surface area contributed by atoms with Crippen LogP contribution in [0.1, 0.15) is 11.1 Å². The van der Waals surface area contributed by atoms with Crippen LogP contribution in [0.3, 0.4) is 0 Å². The summed E-state index contributed by atoms with van der Waals surface area (Å²) in [4.78, 5) is 0.287. The monoisotopic (exact) mass is 345 g/mol. The third-order valence-electron chi connectivity index (χ3n) is 3.80. The van der Waals surface area contributed by atoms with Gasteiger partial charge in [0.25, 0.3) is 0 Å². The van der Waals surface area contributed by atoms with Gasteiger partial charge in [0.05, 0.1) is 4.90 Å². The normalized spacial score (nSPS) is 11.7. The van der Waals surface area contributed by atoms with Gasteiger partial charge < -0.3 is 0 Å². The van der Waals surface area contributed by atoms with E-state index in [0.29, 0.717) is 10.4 Å². The topological polar surface area (TPSA) is 46.2 Å². The molecule has 118 valence electrons. The van der Waals surface area contributed by atoms with Crippen LogP contribution in [0.5, 0.6) is 0 Å². The predicted octanol–water partition coefficient (Wildman–Crippen LogP) is 4.28. The molecular formula is C18H16ClNO2S. The molecule has 3 rings (SSSR count). The lowest BCUT2D eigenvalue weighted by Gasteiger charge is -2.11. The fraction of sp³-hybridized carbons (Fsp3) is 0.111. The van der Waals surface area contributed by atoms with Crippen LogP contribution >= 0.6 is 11.6 Å². The first-order valence-corrected chi connectivity index (χ1v) is 9.06. The maximum absolute atomic E-state index is 12.7. The third-order valence-corrected chi connectivity index (χ3v) is 5.50. The maximum Gasteiger partial charge on any atom is 0.241 e. The van der Waals surface area contributed by atoms with Crippen molar-refractivity contribution < 1.29 is 8.42 Å². The summed E-state index contributed by atoms with van der Waals surface area (Å²) in [6, 6.07) is 18.2. The molecule has 0 radical (unpaired) electrons.